The predicted molar refractivity (Wildman–Crippen MR) is 86.3 cm³/mol. The van der Waals surface area contributed by atoms with Crippen LogP contribution in [0.3, 0.4) is 0 Å². The molecule has 1 aliphatic carbocycles. The second kappa shape index (κ2) is 7.31. The highest BCUT2D eigenvalue weighted by Gasteiger charge is 2.35. The summed E-state index contributed by atoms with van der Waals surface area (Å²) in [5, 5.41) is -3.38. The normalized spacial score (nSPS) is 24.9. The zero-order valence-corrected chi connectivity index (χ0v) is 13.7. The molecule has 1 aromatic rings. The van der Waals surface area contributed by atoms with Crippen LogP contribution in [-0.2, 0) is 19.6 Å². The van der Waals surface area contributed by atoms with Crippen LogP contribution in [0.1, 0.15) is 33.0 Å². The lowest BCUT2D eigenvalue weighted by Crippen LogP contribution is -2.34. The van der Waals surface area contributed by atoms with Gasteiger partial charge < -0.3 is 4.74 Å². The van der Waals surface area contributed by atoms with E-state index in [9.17, 15) is 17.6 Å². The number of hydrogen-bond acceptors (Lipinski definition) is 4. The quantitative estimate of drug-likeness (QED) is 0.812. The lowest BCUT2D eigenvalue weighted by atomic mass is 9.99. The third kappa shape index (κ3) is 4.23. The first kappa shape index (κ1) is 11.9. The number of rotatable bonds is 5. The van der Waals surface area contributed by atoms with Crippen molar-refractivity contribution in [1.82, 2.24) is 0 Å². The van der Waals surface area contributed by atoms with E-state index in [0.29, 0.717) is 0 Å². The average molecular weight is 367 g/mol. The first-order valence-electron chi connectivity index (χ1n) is 9.23. The Bertz CT molecular complexity index is 943. The van der Waals surface area contributed by atoms with Crippen molar-refractivity contribution in [1.29, 1.82) is 0 Å². The molecule has 8 heteroatoms. The standard InChI is InChI=1S/C15H17ClFNO4S/c1-2-22-15(19)11-5-3-4-6-14(11)23(20,21)18-13-8-7-10(17)9-12(13)16/h5,7-9,14,18H,2-4,6H2,1H3/i5D,7D,8D,9D,14D. The number of allylic oxidation sites excluding steroid dienone is 1. The molecule has 0 fully saturated rings. The van der Waals surface area contributed by atoms with Crippen molar-refractivity contribution in [2.75, 3.05) is 11.3 Å². The molecule has 0 amide bonds. The van der Waals surface area contributed by atoms with Gasteiger partial charge >= 0.3 is 5.97 Å². The van der Waals surface area contributed by atoms with E-state index in [4.69, 9.17) is 23.2 Å². The van der Waals surface area contributed by atoms with Gasteiger partial charge in [0.25, 0.3) is 0 Å². The van der Waals surface area contributed by atoms with Crippen molar-refractivity contribution in [3.63, 3.8) is 0 Å². The highest BCUT2D eigenvalue weighted by atomic mass is 35.5. The molecule has 0 heterocycles. The van der Waals surface area contributed by atoms with Gasteiger partial charge in [-0.25, -0.2) is 17.6 Å². The molecule has 0 aliphatic heterocycles. The van der Waals surface area contributed by atoms with Crippen LogP contribution in [-0.4, -0.2) is 26.2 Å². The number of benzene rings is 1. The Morgan fingerprint density at radius 2 is 2.35 bits per heavy atom. The SMILES string of the molecule is [2H]C1=C(C(=O)OCC)C([2H])(S(=O)(=O)Nc2c([2H])c([2H])c(F)c([2H])c2Cl)CCC1. The Balaban J connectivity index is 2.61. The molecule has 0 saturated heterocycles. The van der Waals surface area contributed by atoms with Gasteiger partial charge in [-0.15, -0.1) is 0 Å². The number of anilines is 1. The number of esters is 1. The van der Waals surface area contributed by atoms with Gasteiger partial charge in [-0.05, 0) is 44.3 Å². The summed E-state index contributed by atoms with van der Waals surface area (Å²) in [7, 11) is -4.83. The van der Waals surface area contributed by atoms with Crippen LogP contribution >= 0.6 is 11.6 Å². The van der Waals surface area contributed by atoms with E-state index in [0.717, 1.165) is 0 Å². The van der Waals surface area contributed by atoms with Gasteiger partial charge in [0.1, 0.15) is 11.0 Å². The molecular formula is C15H17ClFNO4S. The minimum atomic E-state index is -4.83. The second-order valence-electron chi connectivity index (χ2n) is 4.53. The Morgan fingerprint density at radius 3 is 3.04 bits per heavy atom. The van der Waals surface area contributed by atoms with Crippen molar-refractivity contribution < 1.29 is 29.2 Å². The monoisotopic (exact) mass is 366 g/mol. The van der Waals surface area contributed by atoms with Gasteiger partial charge in [0, 0.05) is 0 Å². The van der Waals surface area contributed by atoms with Gasteiger partial charge in [-0.2, -0.15) is 0 Å². The molecule has 23 heavy (non-hydrogen) atoms. The molecule has 1 N–H and O–H groups in total. The van der Waals surface area contributed by atoms with Crippen LogP contribution in [0.4, 0.5) is 10.1 Å². The molecule has 5 nitrogen and oxygen atoms in total. The first-order valence-corrected chi connectivity index (χ1v) is 8.59. The topological polar surface area (TPSA) is 72.5 Å². The number of halogens is 2. The fourth-order valence-electron chi connectivity index (χ4n) is 1.97. The van der Waals surface area contributed by atoms with E-state index in [1.807, 2.05) is 4.72 Å². The average Bonchev–Trinajstić information content (AvgIpc) is 2.62. The highest BCUT2D eigenvalue weighted by molar-refractivity contribution is 7.93. The van der Waals surface area contributed by atoms with Crippen molar-refractivity contribution in [3.8, 4) is 0 Å². The first-order chi connectivity index (χ1) is 12.9. The van der Waals surface area contributed by atoms with Crippen molar-refractivity contribution in [3.05, 3.63) is 40.6 Å². The van der Waals surface area contributed by atoms with E-state index in [1.165, 1.54) is 6.92 Å². The molecule has 0 bridgehead atoms. The smallest absolute Gasteiger partial charge is 0.335 e. The Hall–Kier alpha value is -1.60. The molecule has 1 unspecified atom stereocenters. The second-order valence-corrected chi connectivity index (χ2v) is 6.61. The molecule has 0 aromatic heterocycles. The van der Waals surface area contributed by atoms with Crippen molar-refractivity contribution >= 4 is 33.3 Å². The zero-order valence-electron chi connectivity index (χ0n) is 17.1. The van der Waals surface area contributed by atoms with Gasteiger partial charge in [0.2, 0.25) is 10.0 Å². The van der Waals surface area contributed by atoms with E-state index >= 15 is 0 Å². The molecule has 2 rings (SSSR count). The van der Waals surface area contributed by atoms with Gasteiger partial charge in [-0.1, -0.05) is 17.7 Å². The summed E-state index contributed by atoms with van der Waals surface area (Å²) >= 11 is 5.78. The van der Waals surface area contributed by atoms with E-state index < -0.39 is 61.4 Å². The van der Waals surface area contributed by atoms with E-state index in [2.05, 4.69) is 0 Å². The summed E-state index contributed by atoms with van der Waals surface area (Å²) in [5.74, 6) is -2.51. The number of carbonyl (C=O) groups is 1. The molecule has 1 aliphatic rings. The summed E-state index contributed by atoms with van der Waals surface area (Å²) in [6, 6.07) is -3.31. The van der Waals surface area contributed by atoms with Gasteiger partial charge in [0.15, 0.2) is 0 Å². The predicted octanol–water partition coefficient (Wildman–Crippen LogP) is 3.26. The number of nitrogens with one attached hydrogen (secondary N) is 1. The largest absolute Gasteiger partial charge is 0.463 e. The third-order valence-corrected chi connectivity index (χ3v) is 4.75. The molecule has 0 radical (unpaired) electrons. The number of sulfonamides is 1. The minimum Gasteiger partial charge on any atom is -0.463 e. The van der Waals surface area contributed by atoms with Crippen LogP contribution in [0.25, 0.3) is 0 Å². The summed E-state index contributed by atoms with van der Waals surface area (Å²) in [6.45, 7) is 1.39. The van der Waals surface area contributed by atoms with Crippen LogP contribution < -0.4 is 4.72 Å². The minimum absolute atomic E-state index is 0.0824. The molecule has 0 spiro atoms. The molecular weight excluding hydrogens is 345 g/mol. The zero-order chi connectivity index (χ0) is 21.4. The maximum Gasteiger partial charge on any atom is 0.335 e. The Labute approximate surface area is 146 Å². The van der Waals surface area contributed by atoms with Gasteiger partial charge in [0.05, 0.1) is 29.7 Å². The highest BCUT2D eigenvalue weighted by Crippen LogP contribution is 2.30. The molecule has 126 valence electrons. The van der Waals surface area contributed by atoms with E-state index in [1.54, 1.807) is 0 Å². The van der Waals surface area contributed by atoms with Gasteiger partial charge in [-0.3, -0.25) is 4.72 Å². The van der Waals surface area contributed by atoms with Crippen LogP contribution in [0.2, 0.25) is 5.02 Å². The Morgan fingerprint density at radius 1 is 1.61 bits per heavy atom. The summed E-state index contributed by atoms with van der Waals surface area (Å²) in [5.41, 5.74) is -1.40. The lowest BCUT2D eigenvalue weighted by molar-refractivity contribution is -0.138. The fraction of sp³-hybridized carbons (Fsp3) is 0.400. The lowest BCUT2D eigenvalue weighted by Gasteiger charge is -2.24. The maximum absolute atomic E-state index is 13.7. The van der Waals surface area contributed by atoms with Crippen molar-refractivity contribution in [2.45, 2.75) is 31.4 Å². The third-order valence-electron chi connectivity index (χ3n) is 2.94. The molecule has 0 saturated carbocycles. The number of ether oxygens (including phenoxy) is 1. The number of hydrogen-bond donors (Lipinski definition) is 1. The summed E-state index contributed by atoms with van der Waals surface area (Å²) < 4.78 is 85.4. The van der Waals surface area contributed by atoms with E-state index in [-0.39, 0.29) is 31.9 Å². The maximum atomic E-state index is 13.7. The summed E-state index contributed by atoms with van der Waals surface area (Å²) in [4.78, 5) is 12.2. The van der Waals surface area contributed by atoms with Crippen LogP contribution in [0.5, 0.6) is 0 Å². The number of carbonyl (C=O) groups excluding carboxylic acids is 1. The summed E-state index contributed by atoms with van der Waals surface area (Å²) in [6.07, 6.45) is -0.129. The Kier molecular flexibility index (Phi) is 3.77. The van der Waals surface area contributed by atoms with Crippen LogP contribution in [0.15, 0.2) is 29.8 Å². The van der Waals surface area contributed by atoms with Crippen molar-refractivity contribution in [2.24, 2.45) is 0 Å². The van der Waals surface area contributed by atoms with Crippen LogP contribution in [0, 0.1) is 5.82 Å². The molecule has 1 aromatic carbocycles. The molecule has 1 atom stereocenters. The fourth-order valence-corrected chi connectivity index (χ4v) is 3.59.